The van der Waals surface area contributed by atoms with Crippen molar-refractivity contribution in [2.24, 2.45) is 0 Å². The monoisotopic (exact) mass is 612 g/mol. The lowest BCUT2D eigenvalue weighted by atomic mass is 9.99. The van der Waals surface area contributed by atoms with Crippen LogP contribution < -0.4 is 9.47 Å². The Bertz CT molecular complexity index is 1290. The van der Waals surface area contributed by atoms with Crippen LogP contribution in [0.3, 0.4) is 0 Å². The van der Waals surface area contributed by atoms with Crippen molar-refractivity contribution in [2.75, 3.05) is 20.3 Å². The fourth-order valence-corrected chi connectivity index (χ4v) is 4.43. The van der Waals surface area contributed by atoms with E-state index in [0.717, 1.165) is 12.1 Å². The maximum atomic E-state index is 12.4. The number of aliphatic hydroxyl groups is 5. The number of phenolic OH excluding ortho intramolecular Hbond substituents is 3. The molecular weight excluding hydrogens is 580 g/mol. The summed E-state index contributed by atoms with van der Waals surface area (Å²) in [7, 11) is 1.39. The maximum absolute atomic E-state index is 12.4. The summed E-state index contributed by atoms with van der Waals surface area (Å²) in [5.74, 6) is -3.61. The van der Waals surface area contributed by atoms with Gasteiger partial charge in [0.05, 0.1) is 31.5 Å². The number of phenols is 3. The molecule has 0 bridgehead atoms. The molecule has 0 aromatic heterocycles. The second-order valence-electron chi connectivity index (χ2n) is 9.87. The van der Waals surface area contributed by atoms with Crippen LogP contribution in [-0.2, 0) is 18.9 Å². The summed E-state index contributed by atoms with van der Waals surface area (Å²) in [6, 6.07) is 5.98. The molecule has 2 aliphatic rings. The van der Waals surface area contributed by atoms with Crippen LogP contribution in [0.4, 0.5) is 0 Å². The predicted molar refractivity (Wildman–Crippen MR) is 139 cm³/mol. The van der Waals surface area contributed by atoms with E-state index >= 15 is 0 Å². The molecule has 4 rings (SSSR count). The Morgan fingerprint density at radius 3 is 2.16 bits per heavy atom. The summed E-state index contributed by atoms with van der Waals surface area (Å²) in [6.45, 7) is 0.267. The van der Waals surface area contributed by atoms with Crippen LogP contribution in [0.2, 0.25) is 0 Å². The molecule has 2 aromatic rings. The third-order valence-electron chi connectivity index (χ3n) is 6.90. The van der Waals surface area contributed by atoms with Crippen molar-refractivity contribution in [2.45, 2.75) is 62.2 Å². The molecule has 16 heteroatoms. The maximum Gasteiger partial charge on any atom is 0.338 e. The molecule has 0 aliphatic carbocycles. The number of benzene rings is 2. The highest BCUT2D eigenvalue weighted by Gasteiger charge is 2.47. The number of aromatic hydroxyl groups is 3. The van der Waals surface area contributed by atoms with Gasteiger partial charge < -0.3 is 69.3 Å². The van der Waals surface area contributed by atoms with Crippen LogP contribution >= 0.6 is 0 Å². The minimum Gasteiger partial charge on any atom is -0.504 e. The van der Waals surface area contributed by atoms with E-state index in [1.165, 1.54) is 32.2 Å². The van der Waals surface area contributed by atoms with E-state index in [2.05, 4.69) is 0 Å². The van der Waals surface area contributed by atoms with Gasteiger partial charge in [0.1, 0.15) is 48.1 Å². The summed E-state index contributed by atoms with van der Waals surface area (Å²) in [5.41, 5.74) is -0.231. The molecule has 9 atom stereocenters. The van der Waals surface area contributed by atoms with Gasteiger partial charge in [-0.25, -0.2) is 4.79 Å². The van der Waals surface area contributed by atoms with Crippen LogP contribution in [0.1, 0.15) is 27.6 Å². The number of rotatable bonds is 9. The zero-order valence-corrected chi connectivity index (χ0v) is 22.8. The van der Waals surface area contributed by atoms with Crippen molar-refractivity contribution < 1.29 is 78.9 Å². The topological polar surface area (TPSA) is 251 Å². The average molecular weight is 613 g/mol. The summed E-state index contributed by atoms with van der Waals surface area (Å²) in [6.07, 6.45) is -14.6. The van der Waals surface area contributed by atoms with E-state index < -0.39 is 91.7 Å². The van der Waals surface area contributed by atoms with Crippen molar-refractivity contribution in [3.05, 3.63) is 41.5 Å². The molecule has 0 saturated carbocycles. The Morgan fingerprint density at radius 1 is 0.884 bits per heavy atom. The fraction of sp³-hybridized carbons (Fsp3) is 0.481. The third kappa shape index (κ3) is 6.92. The lowest BCUT2D eigenvalue weighted by molar-refractivity contribution is -0.307. The van der Waals surface area contributed by atoms with Crippen LogP contribution in [0.5, 0.6) is 28.7 Å². The molecule has 2 saturated heterocycles. The van der Waals surface area contributed by atoms with Gasteiger partial charge in [0, 0.05) is 6.07 Å². The van der Waals surface area contributed by atoms with E-state index in [-0.39, 0.29) is 22.7 Å². The van der Waals surface area contributed by atoms with Gasteiger partial charge in [-0.2, -0.15) is 0 Å². The average Bonchev–Trinajstić information content (AvgIpc) is 2.98. The van der Waals surface area contributed by atoms with E-state index in [1.807, 2.05) is 0 Å². The van der Waals surface area contributed by atoms with Gasteiger partial charge in [0.15, 0.2) is 35.4 Å². The second-order valence-corrected chi connectivity index (χ2v) is 9.87. The van der Waals surface area contributed by atoms with Gasteiger partial charge in [-0.15, -0.1) is 0 Å². The summed E-state index contributed by atoms with van der Waals surface area (Å²) in [4.78, 5) is 24.5. The van der Waals surface area contributed by atoms with Crippen LogP contribution in [0.15, 0.2) is 30.3 Å². The molecule has 16 nitrogen and oxygen atoms in total. The summed E-state index contributed by atoms with van der Waals surface area (Å²) < 4.78 is 32.3. The highest BCUT2D eigenvalue weighted by molar-refractivity contribution is 5.97. The zero-order chi connectivity index (χ0) is 31.6. The molecule has 0 spiro atoms. The molecule has 2 fully saturated rings. The molecule has 43 heavy (non-hydrogen) atoms. The molecule has 236 valence electrons. The van der Waals surface area contributed by atoms with Crippen LogP contribution in [0, 0.1) is 0 Å². The van der Waals surface area contributed by atoms with Crippen molar-refractivity contribution >= 4 is 11.8 Å². The van der Waals surface area contributed by atoms with Gasteiger partial charge >= 0.3 is 5.97 Å². The van der Waals surface area contributed by atoms with E-state index in [0.29, 0.717) is 5.75 Å². The Labute approximate surface area is 243 Å². The number of hydrogen-bond donors (Lipinski definition) is 8. The predicted octanol–water partition coefficient (Wildman–Crippen LogP) is -1.48. The van der Waals surface area contributed by atoms with Crippen LogP contribution in [0.25, 0.3) is 0 Å². The lowest BCUT2D eigenvalue weighted by Gasteiger charge is -2.41. The first-order chi connectivity index (χ1) is 20.3. The standard InChI is InChI=1S/C27H32O16/c1-10(28)13-4-3-12(38-2)7-16(13)42-27-24(36)22(34)20(32)18(43-27)9-40-26-23(35)21(33)17(8-39-26)41-25(37)11-5-14(29)19(31)15(30)6-11/h3-7,17-18,20-24,26-27,29-36H,8-9H2,1-2H3/t17-,18+,20+,21-,22-,23+,24+,26-,27+/m0/s1. The Hall–Kier alpha value is -3.74. The van der Waals surface area contributed by atoms with Gasteiger partial charge in [-0.3, -0.25) is 4.79 Å². The Balaban J connectivity index is 1.38. The number of hydrogen-bond acceptors (Lipinski definition) is 16. The SMILES string of the molecule is COc1ccc(C(C)=O)c(O[C@@H]2O[C@H](CO[C@@H]3OC[C@H](OC(=O)c4cc(O)c(O)c(O)c4)[C@H](O)[C@H]3O)[C@@H](O)[C@H](O)[C@H]2O)c1. The molecule has 8 N–H and O–H groups in total. The lowest BCUT2D eigenvalue weighted by Crippen LogP contribution is -2.61. The van der Waals surface area contributed by atoms with Crippen molar-refractivity contribution in [1.29, 1.82) is 0 Å². The Morgan fingerprint density at radius 2 is 1.53 bits per heavy atom. The molecule has 2 heterocycles. The van der Waals surface area contributed by atoms with E-state index in [9.17, 15) is 50.4 Å². The highest BCUT2D eigenvalue weighted by atomic mass is 16.7. The molecule has 0 unspecified atom stereocenters. The van der Waals surface area contributed by atoms with Crippen molar-refractivity contribution in [3.8, 4) is 28.7 Å². The quantitative estimate of drug-likeness (QED) is 0.0913. The molecule has 2 aromatic carbocycles. The number of Topliss-reactive ketones (excluding diaryl/α,β-unsaturated/α-hetero) is 1. The van der Waals surface area contributed by atoms with E-state index in [4.69, 9.17) is 28.4 Å². The van der Waals surface area contributed by atoms with E-state index in [1.54, 1.807) is 0 Å². The second kappa shape index (κ2) is 13.3. The van der Waals surface area contributed by atoms with Crippen molar-refractivity contribution in [3.63, 3.8) is 0 Å². The number of ketones is 1. The number of carbonyl (C=O) groups is 2. The first-order valence-corrected chi connectivity index (χ1v) is 12.9. The van der Waals surface area contributed by atoms with Gasteiger partial charge in [0.25, 0.3) is 0 Å². The normalized spacial score (nSPS) is 30.8. The molecule has 2 aliphatic heterocycles. The first-order valence-electron chi connectivity index (χ1n) is 12.9. The number of ether oxygens (including phenoxy) is 6. The minimum atomic E-state index is -1.79. The van der Waals surface area contributed by atoms with Crippen molar-refractivity contribution in [1.82, 2.24) is 0 Å². The smallest absolute Gasteiger partial charge is 0.338 e. The third-order valence-corrected chi connectivity index (χ3v) is 6.90. The summed E-state index contributed by atoms with van der Waals surface area (Å²) >= 11 is 0. The molecule has 0 radical (unpaired) electrons. The van der Waals surface area contributed by atoms with Gasteiger partial charge in [-0.1, -0.05) is 0 Å². The minimum absolute atomic E-state index is 0.0216. The number of methoxy groups -OCH3 is 1. The fourth-order valence-electron chi connectivity index (χ4n) is 4.43. The highest BCUT2D eigenvalue weighted by Crippen LogP contribution is 2.36. The summed E-state index contributed by atoms with van der Waals surface area (Å²) in [5, 5.41) is 81.0. The van der Waals surface area contributed by atoms with Gasteiger partial charge in [0.2, 0.25) is 6.29 Å². The molecular formula is C27H32O16. The first kappa shape index (κ1) is 32.2. The largest absolute Gasteiger partial charge is 0.504 e. The molecule has 0 amide bonds. The number of aliphatic hydroxyl groups excluding tert-OH is 5. The number of carbonyl (C=O) groups excluding carboxylic acids is 2. The van der Waals surface area contributed by atoms with Crippen LogP contribution in [-0.4, -0.2) is 128 Å². The Kier molecular flexibility index (Phi) is 9.93. The zero-order valence-electron chi connectivity index (χ0n) is 22.8. The van der Waals surface area contributed by atoms with Gasteiger partial charge in [-0.05, 0) is 31.2 Å². The number of esters is 1.